The number of hydrogen-bond donors (Lipinski definition) is 3. The number of carbonyl (C=O) groups excluding carboxylic acids is 3. The number of hydrogen-bond acceptors (Lipinski definition) is 10. The highest BCUT2D eigenvalue weighted by atomic mass is 32.2. The van der Waals surface area contributed by atoms with Crippen molar-refractivity contribution in [3.05, 3.63) is 60.4 Å². The molecule has 15 nitrogen and oxygen atoms in total. The number of pyridine rings is 1. The van der Waals surface area contributed by atoms with Crippen LogP contribution in [0.4, 0.5) is 9.18 Å². The maximum Gasteiger partial charge on any atom is 0.408 e. The number of fused-ring (bicyclic) bond motifs is 4. The number of allylic oxidation sites excluding steroid dienone is 1. The number of amides is 4. The molecular formula is C50H62FN5O10S. The lowest BCUT2D eigenvalue weighted by Gasteiger charge is -2.40. The standard InChI is InChI=1S/C50H62FN5O10S/c1-27(2)65-42-14-11-30(22-39(42)51)40-23-33-21-36(64-6)12-13-38(33)45(52-40)66-37-24-41-44(57)53-50(47(59)54-67(62,63)49(5)15-16-49)25-34(50)10-8-7-9-28(3)17-29(4)43(46(58)55(41)26-37)56(48(60)61)35-19-31-18-32(31)20-35/h8,10-14,21-23,27-29,31-32,34-35,37,41,43H,7,9,15-20,24-26H2,1-6H3,(H,53,57)(H,54,59)(H,60,61)/b10-8-/t28-,29+,31-,32?,34+,35?,37+,41-,43-,50+/m0/s1. The van der Waals surface area contributed by atoms with Gasteiger partial charge in [-0.1, -0.05) is 26.0 Å². The second kappa shape index (κ2) is 17.6. The summed E-state index contributed by atoms with van der Waals surface area (Å²) in [7, 11) is -2.52. The fourth-order valence-electron chi connectivity index (χ4n) is 10.9. The van der Waals surface area contributed by atoms with Gasteiger partial charge in [-0.25, -0.2) is 22.6 Å². The van der Waals surface area contributed by atoms with E-state index in [9.17, 15) is 27.9 Å². The van der Waals surface area contributed by atoms with E-state index < -0.39 is 80.0 Å². The molecule has 3 aromatic rings. The van der Waals surface area contributed by atoms with Gasteiger partial charge in [-0.2, -0.15) is 0 Å². The van der Waals surface area contributed by atoms with Crippen LogP contribution in [0.15, 0.2) is 54.6 Å². The van der Waals surface area contributed by atoms with Crippen LogP contribution in [0.5, 0.6) is 17.4 Å². The molecule has 1 saturated heterocycles. The normalized spacial score (nSPS) is 31.6. The van der Waals surface area contributed by atoms with Gasteiger partial charge in [-0.05, 0) is 150 Å². The van der Waals surface area contributed by atoms with Gasteiger partial charge in [-0.3, -0.25) is 24.0 Å². The maximum atomic E-state index is 15.5. The molecule has 0 bridgehead atoms. The van der Waals surface area contributed by atoms with Crippen molar-refractivity contribution in [3.8, 4) is 28.6 Å². The Bertz CT molecular complexity index is 2610. The van der Waals surface area contributed by atoms with Gasteiger partial charge < -0.3 is 29.5 Å². The first kappa shape index (κ1) is 46.7. The number of carboxylic acid groups (broad SMARTS) is 1. The van der Waals surface area contributed by atoms with Gasteiger partial charge in [0.1, 0.15) is 29.5 Å². The molecule has 17 heteroatoms. The van der Waals surface area contributed by atoms with Crippen molar-refractivity contribution in [3.63, 3.8) is 0 Å². The van der Waals surface area contributed by atoms with Crippen LogP contribution in [0, 0.1) is 35.4 Å². The zero-order valence-electron chi connectivity index (χ0n) is 39.0. The van der Waals surface area contributed by atoms with Crippen molar-refractivity contribution in [2.75, 3.05) is 13.7 Å². The van der Waals surface area contributed by atoms with Gasteiger partial charge in [0.25, 0.3) is 5.91 Å². The summed E-state index contributed by atoms with van der Waals surface area (Å²) < 4.78 is 61.3. The smallest absolute Gasteiger partial charge is 0.408 e. The summed E-state index contributed by atoms with van der Waals surface area (Å²) in [5, 5.41) is 15.1. The molecule has 360 valence electrons. The summed E-state index contributed by atoms with van der Waals surface area (Å²) in [6.07, 6.45) is 6.70. The topological polar surface area (TPSA) is 194 Å². The van der Waals surface area contributed by atoms with E-state index in [1.807, 2.05) is 19.1 Å². The molecule has 4 saturated carbocycles. The molecular weight excluding hydrogens is 882 g/mol. The first-order valence-corrected chi connectivity index (χ1v) is 25.3. The number of nitrogens with one attached hydrogen (secondary N) is 2. The van der Waals surface area contributed by atoms with Crippen molar-refractivity contribution < 1.29 is 51.3 Å². The van der Waals surface area contributed by atoms with Crippen molar-refractivity contribution >= 4 is 44.6 Å². The Hall–Kier alpha value is -5.45. The fourth-order valence-corrected chi connectivity index (χ4v) is 12.2. The van der Waals surface area contributed by atoms with E-state index in [0.717, 1.165) is 12.8 Å². The van der Waals surface area contributed by atoms with E-state index in [4.69, 9.17) is 19.2 Å². The van der Waals surface area contributed by atoms with Crippen LogP contribution in [0.3, 0.4) is 0 Å². The highest BCUT2D eigenvalue weighted by Crippen LogP contribution is 2.54. The maximum absolute atomic E-state index is 15.5. The molecule has 2 aliphatic heterocycles. The fraction of sp³-hybridized carbons (Fsp3) is 0.580. The molecule has 1 aromatic heterocycles. The number of halogens is 1. The zero-order valence-corrected chi connectivity index (χ0v) is 39.8. The van der Waals surface area contributed by atoms with E-state index in [0.29, 0.717) is 78.1 Å². The summed E-state index contributed by atoms with van der Waals surface area (Å²) >= 11 is 0. The molecule has 2 aromatic carbocycles. The lowest BCUT2D eigenvalue weighted by atomic mass is 9.86. The van der Waals surface area contributed by atoms with Crippen LogP contribution >= 0.6 is 0 Å². The Morgan fingerprint density at radius 3 is 2.45 bits per heavy atom. The molecule has 4 amide bonds. The number of aromatic nitrogens is 1. The molecule has 10 atom stereocenters. The van der Waals surface area contributed by atoms with Crippen LogP contribution in [0.2, 0.25) is 0 Å². The van der Waals surface area contributed by atoms with Gasteiger partial charge in [0, 0.05) is 29.3 Å². The van der Waals surface area contributed by atoms with Crippen LogP contribution < -0.4 is 24.2 Å². The second-order valence-electron chi connectivity index (χ2n) is 20.7. The van der Waals surface area contributed by atoms with Crippen LogP contribution in [-0.4, -0.2) is 106 Å². The number of ether oxygens (including phenoxy) is 3. The van der Waals surface area contributed by atoms with E-state index in [2.05, 4.69) is 17.0 Å². The SMILES string of the molecule is COc1ccc2c(O[C@@H]3C[C@H]4C(=O)N[C@]5(C(=O)NS(=O)(=O)C6(C)CC6)C[C@H]5/C=C\CC[C@H](C)C[C@@H](C)[C@H](N(C(=O)O)C5CC6C[C@H]6C5)C(=O)N4C3)nc(-c3ccc(OC(C)C)c(F)c3)cc2c1. The summed E-state index contributed by atoms with van der Waals surface area (Å²) in [4.78, 5) is 65.7. The Morgan fingerprint density at radius 2 is 1.78 bits per heavy atom. The summed E-state index contributed by atoms with van der Waals surface area (Å²) in [6, 6.07) is 8.95. The number of nitrogens with zero attached hydrogens (tertiary/aromatic N) is 3. The minimum atomic E-state index is -4.07. The number of benzene rings is 2. The minimum absolute atomic E-state index is 0.0658. The first-order valence-electron chi connectivity index (χ1n) is 23.8. The Morgan fingerprint density at radius 1 is 1.03 bits per heavy atom. The second-order valence-corrected chi connectivity index (χ2v) is 22.9. The lowest BCUT2D eigenvalue weighted by molar-refractivity contribution is -0.145. The van der Waals surface area contributed by atoms with Crippen LogP contribution in [0.25, 0.3) is 22.0 Å². The summed E-state index contributed by atoms with van der Waals surface area (Å²) in [6.45, 7) is 9.05. The Kier molecular flexibility index (Phi) is 12.2. The van der Waals surface area contributed by atoms with Gasteiger partial charge >= 0.3 is 6.09 Å². The summed E-state index contributed by atoms with van der Waals surface area (Å²) in [5.74, 6) is -1.83. The highest BCUT2D eigenvalue weighted by Gasteiger charge is 2.63. The average Bonchev–Trinajstić information content (AvgIpc) is 4.23. The third-order valence-corrected chi connectivity index (χ3v) is 17.4. The summed E-state index contributed by atoms with van der Waals surface area (Å²) in [5.41, 5.74) is -0.792. The average molecular weight is 944 g/mol. The van der Waals surface area contributed by atoms with Crippen LogP contribution in [0.1, 0.15) is 98.8 Å². The number of carbonyl (C=O) groups is 4. The largest absolute Gasteiger partial charge is 0.497 e. The van der Waals surface area contributed by atoms with Crippen molar-refractivity contribution in [1.82, 2.24) is 24.8 Å². The van der Waals surface area contributed by atoms with E-state index in [1.54, 1.807) is 58.2 Å². The number of rotatable bonds is 11. The van der Waals surface area contributed by atoms with Gasteiger partial charge in [0.2, 0.25) is 27.7 Å². The lowest BCUT2D eigenvalue weighted by Crippen LogP contribution is -2.61. The van der Waals surface area contributed by atoms with Crippen molar-refractivity contribution in [2.24, 2.45) is 29.6 Å². The number of methoxy groups -OCH3 is 1. The Labute approximate surface area is 391 Å². The molecule has 3 heterocycles. The molecule has 2 unspecified atom stereocenters. The van der Waals surface area contributed by atoms with Gasteiger partial charge in [-0.15, -0.1) is 0 Å². The zero-order chi connectivity index (χ0) is 47.7. The van der Waals surface area contributed by atoms with E-state index in [-0.39, 0.29) is 49.1 Å². The highest BCUT2D eigenvalue weighted by molar-refractivity contribution is 7.91. The third-order valence-electron chi connectivity index (χ3n) is 15.2. The van der Waals surface area contributed by atoms with E-state index >= 15 is 9.18 Å². The molecule has 9 rings (SSSR count). The Balaban J connectivity index is 1.10. The van der Waals surface area contributed by atoms with E-state index in [1.165, 1.54) is 21.9 Å². The van der Waals surface area contributed by atoms with Crippen LogP contribution in [-0.2, 0) is 24.4 Å². The number of sulfonamides is 1. The van der Waals surface area contributed by atoms with Gasteiger partial charge in [0.05, 0.1) is 30.2 Å². The molecule has 6 aliphatic rings. The first-order chi connectivity index (χ1) is 31.8. The minimum Gasteiger partial charge on any atom is -0.497 e. The monoisotopic (exact) mass is 943 g/mol. The molecule has 5 fully saturated rings. The van der Waals surface area contributed by atoms with Crippen molar-refractivity contribution in [2.45, 2.75) is 139 Å². The molecule has 4 aliphatic carbocycles. The molecule has 0 radical (unpaired) electrons. The molecule has 67 heavy (non-hydrogen) atoms. The molecule has 3 N–H and O–H groups in total. The predicted octanol–water partition coefficient (Wildman–Crippen LogP) is 7.22. The predicted molar refractivity (Wildman–Crippen MR) is 247 cm³/mol. The molecule has 0 spiro atoms. The van der Waals surface area contributed by atoms with Crippen molar-refractivity contribution in [1.29, 1.82) is 0 Å². The third kappa shape index (κ3) is 9.16. The van der Waals surface area contributed by atoms with Gasteiger partial charge in [0.15, 0.2) is 11.6 Å². The quantitative estimate of drug-likeness (QED) is 0.164.